The van der Waals surface area contributed by atoms with Crippen LogP contribution in [0.2, 0.25) is 0 Å². The predicted molar refractivity (Wildman–Crippen MR) is 90.9 cm³/mol. The lowest BCUT2D eigenvalue weighted by atomic mass is 9.89. The van der Waals surface area contributed by atoms with E-state index in [1.54, 1.807) is 0 Å². The molecular formula is C18H30N2O3. The van der Waals surface area contributed by atoms with Gasteiger partial charge in [-0.15, -0.1) is 0 Å². The highest BCUT2D eigenvalue weighted by Crippen LogP contribution is 2.24. The molecule has 1 aromatic carbocycles. The zero-order valence-corrected chi connectivity index (χ0v) is 14.4. The molecule has 0 saturated heterocycles. The van der Waals surface area contributed by atoms with Crippen molar-refractivity contribution in [3.63, 3.8) is 0 Å². The maximum Gasteiger partial charge on any atom is 0.214 e. The highest BCUT2D eigenvalue weighted by molar-refractivity contribution is 5.13. The molecule has 1 unspecified atom stereocenters. The summed E-state index contributed by atoms with van der Waals surface area (Å²) in [6.07, 6.45) is 1.54. The lowest BCUT2D eigenvalue weighted by Gasteiger charge is -2.36. The van der Waals surface area contributed by atoms with Crippen molar-refractivity contribution >= 4 is 0 Å². The third-order valence-electron chi connectivity index (χ3n) is 3.77. The minimum Gasteiger partial charge on any atom is -0.373 e. The molecule has 130 valence electrons. The van der Waals surface area contributed by atoms with E-state index in [-0.39, 0.29) is 5.60 Å². The van der Waals surface area contributed by atoms with E-state index in [0.29, 0.717) is 25.3 Å². The van der Waals surface area contributed by atoms with E-state index in [1.165, 1.54) is 5.56 Å². The summed E-state index contributed by atoms with van der Waals surface area (Å²) in [6, 6.07) is 10.8. The number of rotatable bonds is 9. The predicted octanol–water partition coefficient (Wildman–Crippen LogP) is 2.00. The van der Waals surface area contributed by atoms with Gasteiger partial charge in [-0.2, -0.15) is 0 Å². The molecule has 0 amide bonds. The maximum absolute atomic E-state index is 9.66. The quantitative estimate of drug-likeness (QED) is 0.479. The van der Waals surface area contributed by atoms with E-state index >= 15 is 0 Å². The molecule has 0 spiro atoms. The van der Waals surface area contributed by atoms with Gasteiger partial charge in [0, 0.05) is 19.1 Å². The van der Waals surface area contributed by atoms with Crippen LogP contribution in [-0.4, -0.2) is 42.4 Å². The average molecular weight is 322 g/mol. The first-order valence-corrected chi connectivity index (χ1v) is 8.40. The van der Waals surface area contributed by atoms with Crippen LogP contribution in [0, 0.1) is 0 Å². The number of hydrogen-bond donors (Lipinski definition) is 3. The summed E-state index contributed by atoms with van der Waals surface area (Å²) in [5.74, 6) is 0. The highest BCUT2D eigenvalue weighted by Gasteiger charge is 2.29. The van der Waals surface area contributed by atoms with Crippen LogP contribution in [-0.2, 0) is 16.1 Å². The SMILES string of the molecule is CC(C)(C)OC(O)NCCNC1CC(OCc2ccccc2)C1. The number of aliphatic hydroxyl groups excluding tert-OH is 1. The van der Waals surface area contributed by atoms with Crippen LogP contribution in [0.5, 0.6) is 0 Å². The zero-order chi connectivity index (χ0) is 16.7. The van der Waals surface area contributed by atoms with Crippen LogP contribution in [0.1, 0.15) is 39.2 Å². The minimum absolute atomic E-state index is 0.350. The summed E-state index contributed by atoms with van der Waals surface area (Å²) in [7, 11) is 0. The smallest absolute Gasteiger partial charge is 0.214 e. The van der Waals surface area contributed by atoms with E-state index < -0.39 is 6.41 Å². The van der Waals surface area contributed by atoms with Crippen molar-refractivity contribution in [2.45, 2.75) is 64.4 Å². The third-order valence-corrected chi connectivity index (χ3v) is 3.77. The Kier molecular flexibility index (Phi) is 6.99. The van der Waals surface area contributed by atoms with Crippen molar-refractivity contribution in [2.75, 3.05) is 13.1 Å². The Balaban J connectivity index is 1.47. The Morgan fingerprint density at radius 3 is 2.52 bits per heavy atom. The normalized spacial score (nSPS) is 22.6. The van der Waals surface area contributed by atoms with E-state index in [2.05, 4.69) is 22.8 Å². The van der Waals surface area contributed by atoms with Crippen molar-refractivity contribution in [1.29, 1.82) is 0 Å². The molecule has 1 aromatic rings. The molecule has 1 saturated carbocycles. The van der Waals surface area contributed by atoms with Gasteiger partial charge in [-0.1, -0.05) is 30.3 Å². The minimum atomic E-state index is -0.917. The van der Waals surface area contributed by atoms with Gasteiger partial charge < -0.3 is 19.9 Å². The van der Waals surface area contributed by atoms with Crippen molar-refractivity contribution in [3.05, 3.63) is 35.9 Å². The summed E-state index contributed by atoms with van der Waals surface area (Å²) < 4.78 is 11.3. The number of nitrogens with one attached hydrogen (secondary N) is 2. The molecule has 1 aliphatic carbocycles. The summed E-state index contributed by atoms with van der Waals surface area (Å²) in [5.41, 5.74) is 0.873. The Hall–Kier alpha value is -0.980. The van der Waals surface area contributed by atoms with E-state index in [9.17, 15) is 5.11 Å². The van der Waals surface area contributed by atoms with Crippen molar-refractivity contribution in [1.82, 2.24) is 10.6 Å². The molecule has 3 N–H and O–H groups in total. The van der Waals surface area contributed by atoms with Crippen molar-refractivity contribution < 1.29 is 14.6 Å². The van der Waals surface area contributed by atoms with E-state index in [4.69, 9.17) is 9.47 Å². The first-order valence-electron chi connectivity index (χ1n) is 8.40. The van der Waals surface area contributed by atoms with Crippen LogP contribution in [0.25, 0.3) is 0 Å². The molecule has 0 aliphatic heterocycles. The fraction of sp³-hybridized carbons (Fsp3) is 0.667. The number of aliphatic hydroxyl groups is 1. The molecule has 1 atom stereocenters. The zero-order valence-electron chi connectivity index (χ0n) is 14.4. The maximum atomic E-state index is 9.66. The van der Waals surface area contributed by atoms with Gasteiger partial charge in [0.1, 0.15) is 0 Å². The molecule has 0 bridgehead atoms. The second-order valence-corrected chi connectivity index (χ2v) is 7.08. The molecular weight excluding hydrogens is 292 g/mol. The molecule has 1 fully saturated rings. The molecule has 23 heavy (non-hydrogen) atoms. The van der Waals surface area contributed by atoms with Crippen LogP contribution in [0.15, 0.2) is 30.3 Å². The van der Waals surface area contributed by atoms with Crippen molar-refractivity contribution in [3.8, 4) is 0 Å². The number of hydrogen-bond acceptors (Lipinski definition) is 5. The number of ether oxygens (including phenoxy) is 2. The summed E-state index contributed by atoms with van der Waals surface area (Å²) in [5, 5.41) is 16.1. The van der Waals surface area contributed by atoms with Crippen LogP contribution < -0.4 is 10.6 Å². The van der Waals surface area contributed by atoms with E-state index in [1.807, 2.05) is 39.0 Å². The second-order valence-electron chi connectivity index (χ2n) is 7.08. The molecule has 5 heteroatoms. The average Bonchev–Trinajstić information content (AvgIpc) is 2.43. The monoisotopic (exact) mass is 322 g/mol. The standard InChI is InChI=1S/C18H30N2O3/c1-18(2,3)23-17(21)20-10-9-19-15-11-16(12-15)22-13-14-7-5-4-6-8-14/h4-8,15-17,19-21H,9-13H2,1-3H3. The summed E-state index contributed by atoms with van der Waals surface area (Å²) in [6.45, 7) is 7.92. The third kappa shape index (κ3) is 7.42. The molecule has 5 nitrogen and oxygen atoms in total. The van der Waals surface area contributed by atoms with Gasteiger partial charge in [0.25, 0.3) is 0 Å². The Morgan fingerprint density at radius 2 is 1.87 bits per heavy atom. The lowest BCUT2D eigenvalue weighted by molar-refractivity contribution is -0.181. The van der Waals surface area contributed by atoms with Gasteiger partial charge in [0.15, 0.2) is 0 Å². The summed E-state index contributed by atoms with van der Waals surface area (Å²) >= 11 is 0. The molecule has 0 radical (unpaired) electrons. The van der Waals surface area contributed by atoms with Crippen LogP contribution in [0.4, 0.5) is 0 Å². The fourth-order valence-corrected chi connectivity index (χ4v) is 2.51. The van der Waals surface area contributed by atoms with Gasteiger partial charge >= 0.3 is 0 Å². The molecule has 0 heterocycles. The lowest BCUT2D eigenvalue weighted by Crippen LogP contribution is -2.48. The van der Waals surface area contributed by atoms with Crippen LogP contribution in [0.3, 0.4) is 0 Å². The first-order chi connectivity index (χ1) is 10.9. The Bertz CT molecular complexity index is 441. The topological polar surface area (TPSA) is 62.8 Å². The van der Waals surface area contributed by atoms with Crippen molar-refractivity contribution in [2.24, 2.45) is 0 Å². The van der Waals surface area contributed by atoms with E-state index in [0.717, 1.165) is 19.4 Å². The van der Waals surface area contributed by atoms with Gasteiger partial charge in [0.05, 0.1) is 18.3 Å². The number of benzene rings is 1. The molecule has 2 rings (SSSR count). The molecule has 1 aliphatic rings. The first kappa shape index (κ1) is 18.4. The molecule has 0 aromatic heterocycles. The van der Waals surface area contributed by atoms with Gasteiger partial charge in [-0.3, -0.25) is 5.32 Å². The van der Waals surface area contributed by atoms with Gasteiger partial charge in [-0.05, 0) is 39.2 Å². The Labute approximate surface area is 139 Å². The summed E-state index contributed by atoms with van der Waals surface area (Å²) in [4.78, 5) is 0. The Morgan fingerprint density at radius 1 is 1.17 bits per heavy atom. The van der Waals surface area contributed by atoms with Gasteiger partial charge in [-0.25, -0.2) is 0 Å². The second kappa shape index (κ2) is 8.76. The highest BCUT2D eigenvalue weighted by atomic mass is 16.6. The van der Waals surface area contributed by atoms with Gasteiger partial charge in [0.2, 0.25) is 6.41 Å². The van der Waals surface area contributed by atoms with Crippen LogP contribution >= 0.6 is 0 Å². The largest absolute Gasteiger partial charge is 0.373 e. The fourth-order valence-electron chi connectivity index (χ4n) is 2.51.